The van der Waals surface area contributed by atoms with Crippen molar-refractivity contribution in [2.24, 2.45) is 0 Å². The molecular formula is C6H13NO. The molecule has 0 aromatic carbocycles. The summed E-state index contributed by atoms with van der Waals surface area (Å²) in [6, 6.07) is 0. The van der Waals surface area contributed by atoms with Crippen LogP contribution in [0, 0.1) is 5.21 Å². The van der Waals surface area contributed by atoms with E-state index in [4.69, 9.17) is 0 Å². The monoisotopic (exact) mass is 115 g/mol. The minimum atomic E-state index is 0.633. The first kappa shape index (κ1) is 7.47. The van der Waals surface area contributed by atoms with E-state index >= 15 is 0 Å². The molecule has 2 nitrogen and oxygen atoms in total. The van der Waals surface area contributed by atoms with Crippen LogP contribution in [0.5, 0.6) is 0 Å². The molecule has 8 heavy (non-hydrogen) atoms. The maximum absolute atomic E-state index is 10.5. The van der Waals surface area contributed by atoms with Crippen molar-refractivity contribution in [3.05, 3.63) is 5.21 Å². The lowest BCUT2D eigenvalue weighted by Gasteiger charge is -1.98. The molecule has 0 aliphatic rings. The lowest BCUT2D eigenvalue weighted by molar-refractivity contribution is -0.453. The zero-order valence-electron chi connectivity index (χ0n) is 5.55. The molecule has 0 atom stereocenters. The van der Waals surface area contributed by atoms with E-state index in [0.717, 1.165) is 17.6 Å². The molecule has 0 rings (SSSR count). The molecule has 0 aromatic heterocycles. The Morgan fingerprint density at radius 3 is 2.50 bits per heavy atom. The molecular weight excluding hydrogens is 102 g/mol. The van der Waals surface area contributed by atoms with Gasteiger partial charge in [-0.15, -0.1) is 0 Å². The summed E-state index contributed by atoms with van der Waals surface area (Å²) in [5.74, 6) is 0. The van der Waals surface area contributed by atoms with E-state index in [9.17, 15) is 5.21 Å². The largest absolute Gasteiger partial charge is 0.624 e. The van der Waals surface area contributed by atoms with E-state index in [1.807, 2.05) is 13.8 Å². The van der Waals surface area contributed by atoms with E-state index in [0.29, 0.717) is 6.54 Å². The van der Waals surface area contributed by atoms with Crippen LogP contribution in [0.3, 0.4) is 0 Å². The van der Waals surface area contributed by atoms with Gasteiger partial charge in [-0.2, -0.15) is 0 Å². The Morgan fingerprint density at radius 2 is 2.12 bits per heavy atom. The van der Waals surface area contributed by atoms with Crippen LogP contribution in [-0.2, 0) is 0 Å². The van der Waals surface area contributed by atoms with Crippen molar-refractivity contribution in [1.82, 2.24) is 0 Å². The Bertz CT molecular complexity index is 78.6. The Kier molecular flexibility index (Phi) is 4.32. The van der Waals surface area contributed by atoms with Crippen LogP contribution in [0.15, 0.2) is 0 Å². The van der Waals surface area contributed by atoms with E-state index < -0.39 is 0 Å². The van der Waals surface area contributed by atoms with Gasteiger partial charge in [0.25, 0.3) is 0 Å². The third-order valence-electron chi connectivity index (χ3n) is 0.830. The smallest absolute Gasteiger partial charge is 0.152 e. The summed E-state index contributed by atoms with van der Waals surface area (Å²) in [7, 11) is 0. The number of hydrogen-bond donors (Lipinski definition) is 0. The lowest BCUT2D eigenvalue weighted by atomic mass is 10.5. The van der Waals surface area contributed by atoms with Crippen LogP contribution in [0.2, 0.25) is 0 Å². The highest BCUT2D eigenvalue weighted by Gasteiger charge is 1.84. The maximum atomic E-state index is 10.5. The summed E-state index contributed by atoms with van der Waals surface area (Å²) in [5.41, 5.74) is 0. The van der Waals surface area contributed by atoms with Crippen LogP contribution in [0.4, 0.5) is 0 Å². The molecule has 48 valence electrons. The second-order valence-electron chi connectivity index (χ2n) is 1.73. The van der Waals surface area contributed by atoms with Crippen molar-refractivity contribution < 1.29 is 4.74 Å². The molecule has 0 aliphatic heterocycles. The Labute approximate surface area is 50.4 Å². The first-order valence-electron chi connectivity index (χ1n) is 3.08. The zero-order chi connectivity index (χ0) is 6.41. The Morgan fingerprint density at radius 1 is 1.50 bits per heavy atom. The van der Waals surface area contributed by atoms with Crippen LogP contribution < -0.4 is 0 Å². The minimum Gasteiger partial charge on any atom is -0.624 e. The van der Waals surface area contributed by atoms with Gasteiger partial charge in [0, 0.05) is 12.8 Å². The molecule has 0 aliphatic carbocycles. The van der Waals surface area contributed by atoms with Gasteiger partial charge in [0.1, 0.15) is 0 Å². The number of rotatable bonds is 3. The topological polar surface area (TPSA) is 26.1 Å². The summed E-state index contributed by atoms with van der Waals surface area (Å²) in [6.45, 7) is 4.59. The van der Waals surface area contributed by atoms with Crippen molar-refractivity contribution in [3.8, 4) is 0 Å². The summed E-state index contributed by atoms with van der Waals surface area (Å²) in [5, 5.41) is 10.5. The molecule has 0 unspecified atom stereocenters. The van der Waals surface area contributed by atoms with E-state index in [1.165, 1.54) is 0 Å². The van der Waals surface area contributed by atoms with Crippen LogP contribution in [0.1, 0.15) is 26.7 Å². The first-order valence-corrected chi connectivity index (χ1v) is 3.08. The van der Waals surface area contributed by atoms with Crippen molar-refractivity contribution >= 4 is 6.21 Å². The highest BCUT2D eigenvalue weighted by Crippen LogP contribution is 1.77. The van der Waals surface area contributed by atoms with Gasteiger partial charge >= 0.3 is 0 Å². The molecule has 0 fully saturated rings. The summed E-state index contributed by atoms with van der Waals surface area (Å²) in [6.07, 6.45) is 3.42. The van der Waals surface area contributed by atoms with Gasteiger partial charge in [0.05, 0.1) is 0 Å². The van der Waals surface area contributed by atoms with Gasteiger partial charge in [-0.1, -0.05) is 13.8 Å². The third kappa shape index (κ3) is 3.65. The highest BCUT2D eigenvalue weighted by atomic mass is 16.5. The summed E-state index contributed by atoms with van der Waals surface area (Å²) in [4.78, 5) is 0. The van der Waals surface area contributed by atoms with Gasteiger partial charge in [-0.3, -0.25) is 0 Å². The second kappa shape index (κ2) is 4.62. The fourth-order valence-corrected chi connectivity index (χ4v) is 0.515. The molecule has 0 bridgehead atoms. The number of hydrogen-bond acceptors (Lipinski definition) is 1. The van der Waals surface area contributed by atoms with Gasteiger partial charge in [0.2, 0.25) is 0 Å². The molecule has 0 radical (unpaired) electrons. The van der Waals surface area contributed by atoms with Gasteiger partial charge < -0.3 is 5.21 Å². The fourth-order valence-electron chi connectivity index (χ4n) is 0.515. The van der Waals surface area contributed by atoms with Crippen LogP contribution in [-0.4, -0.2) is 17.5 Å². The minimum absolute atomic E-state index is 0.633. The summed E-state index contributed by atoms with van der Waals surface area (Å²) >= 11 is 0. The molecule has 0 aromatic rings. The normalized spacial score (nSPS) is 12.0. The summed E-state index contributed by atoms with van der Waals surface area (Å²) < 4.78 is 0.986. The Balaban J connectivity index is 3.29. The predicted octanol–water partition coefficient (Wildman–Crippen LogP) is 1.39. The molecule has 0 N–H and O–H groups in total. The standard InChI is InChI=1S/C6H13NO/c1-3-5-7(8)6-4-2/h5H,3-4,6H2,1-2H3/b7-5-. The lowest BCUT2D eigenvalue weighted by Crippen LogP contribution is -2.04. The predicted molar refractivity (Wildman–Crippen MR) is 35.1 cm³/mol. The van der Waals surface area contributed by atoms with E-state index in [-0.39, 0.29) is 0 Å². The average Bonchev–Trinajstić information content (AvgIpc) is 1.68. The number of hydroxylamine groups is 1. The van der Waals surface area contributed by atoms with Crippen molar-refractivity contribution in [2.75, 3.05) is 6.54 Å². The average molecular weight is 115 g/mol. The van der Waals surface area contributed by atoms with Gasteiger partial charge in [-0.05, 0) is 0 Å². The van der Waals surface area contributed by atoms with Crippen molar-refractivity contribution in [3.63, 3.8) is 0 Å². The van der Waals surface area contributed by atoms with Crippen molar-refractivity contribution in [2.45, 2.75) is 26.7 Å². The Hall–Kier alpha value is -0.530. The second-order valence-corrected chi connectivity index (χ2v) is 1.73. The molecule has 0 heterocycles. The van der Waals surface area contributed by atoms with Crippen LogP contribution >= 0.6 is 0 Å². The fraction of sp³-hybridized carbons (Fsp3) is 0.833. The first-order chi connectivity index (χ1) is 3.81. The molecule has 0 saturated carbocycles. The zero-order valence-corrected chi connectivity index (χ0v) is 5.55. The van der Waals surface area contributed by atoms with Gasteiger partial charge in [0.15, 0.2) is 12.8 Å². The SMILES string of the molecule is CC/C=[N+](\[O-])CCC. The third-order valence-corrected chi connectivity index (χ3v) is 0.830. The van der Waals surface area contributed by atoms with Crippen molar-refractivity contribution in [1.29, 1.82) is 0 Å². The van der Waals surface area contributed by atoms with E-state index in [2.05, 4.69) is 0 Å². The number of nitrogens with zero attached hydrogens (tertiary/aromatic N) is 1. The molecule has 2 heteroatoms. The molecule has 0 amide bonds. The molecule has 0 saturated heterocycles. The van der Waals surface area contributed by atoms with Crippen LogP contribution in [0.25, 0.3) is 0 Å². The van der Waals surface area contributed by atoms with Gasteiger partial charge in [-0.25, -0.2) is 4.74 Å². The molecule has 0 spiro atoms. The quantitative estimate of drug-likeness (QED) is 0.236. The maximum Gasteiger partial charge on any atom is 0.152 e. The van der Waals surface area contributed by atoms with E-state index in [1.54, 1.807) is 6.21 Å². The highest BCUT2D eigenvalue weighted by molar-refractivity contribution is 5.50.